The lowest BCUT2D eigenvalue weighted by Gasteiger charge is -2.26. The first kappa shape index (κ1) is 22.1. The Kier molecular flexibility index (Phi) is 9.47. The van der Waals surface area contributed by atoms with Gasteiger partial charge in [0, 0.05) is 25.6 Å². The molecule has 0 aliphatic heterocycles. The van der Waals surface area contributed by atoms with Crippen LogP contribution in [-0.4, -0.2) is 34.4 Å². The van der Waals surface area contributed by atoms with Crippen molar-refractivity contribution in [1.82, 2.24) is 0 Å². The molecule has 0 saturated carbocycles. The van der Waals surface area contributed by atoms with Gasteiger partial charge in [0.25, 0.3) is 0 Å². The number of hydrogen-bond donors (Lipinski definition) is 1. The predicted octanol–water partition coefficient (Wildman–Crippen LogP) is 4.80. The van der Waals surface area contributed by atoms with Gasteiger partial charge in [-0.15, -0.1) is 0 Å². The maximum absolute atomic E-state index is 13.3. The lowest BCUT2D eigenvalue weighted by atomic mass is 9.99. The number of rotatable bonds is 12. The largest absolute Gasteiger partial charge is 0.480 e. The first-order chi connectivity index (χ1) is 14.8. The van der Waals surface area contributed by atoms with Crippen molar-refractivity contribution in [2.45, 2.75) is 39.0 Å². The monoisotopic (exact) mass is 428 g/mol. The first-order valence-electron chi connectivity index (χ1n) is 10.6. The molecule has 2 aromatic carbocycles. The van der Waals surface area contributed by atoms with Crippen LogP contribution in [0.4, 0.5) is 5.69 Å². The smallest absolute Gasteiger partial charge is 0.323 e. The van der Waals surface area contributed by atoms with Gasteiger partial charge in [-0.1, -0.05) is 73.1 Å². The molecule has 2 rings (SSSR count). The van der Waals surface area contributed by atoms with E-state index < -0.39 is 24.3 Å². The Labute approximate surface area is 183 Å². The third-order valence-electron chi connectivity index (χ3n) is 4.65. The number of unbranched alkanes of at least 4 members (excludes halogenated alkanes) is 2. The van der Waals surface area contributed by atoms with Crippen molar-refractivity contribution in [3.05, 3.63) is 66.2 Å². The van der Waals surface area contributed by atoms with Gasteiger partial charge in [0.2, 0.25) is 5.91 Å². The summed E-state index contributed by atoms with van der Waals surface area (Å²) >= 11 is 0.937. The summed E-state index contributed by atoms with van der Waals surface area (Å²) in [4.78, 5) is 37.4. The van der Waals surface area contributed by atoms with Crippen molar-refractivity contribution in [3.63, 3.8) is 0 Å². The van der Waals surface area contributed by atoms with Gasteiger partial charge < -0.3 is 10.0 Å². The SMILES string of the molecule is [2H][C@@](CCCCCc1ccccc1)(CSC(C)=O)C(=O)N(CC(=O)O)c1ccccc1. The Balaban J connectivity index is 2.08. The number of para-hydroxylation sites is 1. The van der Waals surface area contributed by atoms with Crippen molar-refractivity contribution in [2.75, 3.05) is 17.2 Å². The van der Waals surface area contributed by atoms with Gasteiger partial charge in [0.05, 0.1) is 0 Å². The standard InChI is InChI=1S/C24H29NO4S/c1-19(26)30-18-21(14-8-3-7-13-20-11-5-2-6-12-20)24(29)25(17-23(27)28)22-15-9-4-10-16-22/h2,4-6,9-12,15-16,21H,3,7-8,13-14,17-18H2,1H3,(H,27,28)/t21-/m1/s1/i21D. The van der Waals surface area contributed by atoms with Crippen LogP contribution in [0.15, 0.2) is 60.7 Å². The summed E-state index contributed by atoms with van der Waals surface area (Å²) in [6.45, 7) is 0.879. The zero-order valence-electron chi connectivity index (χ0n) is 18.3. The van der Waals surface area contributed by atoms with Crippen molar-refractivity contribution >= 4 is 34.4 Å². The molecular formula is C24H29NO4S. The van der Waals surface area contributed by atoms with E-state index in [0.717, 1.165) is 35.9 Å². The topological polar surface area (TPSA) is 74.7 Å². The summed E-state index contributed by atoms with van der Waals surface area (Å²) < 4.78 is 8.89. The number of nitrogens with zero attached hydrogens (tertiary/aromatic N) is 1. The van der Waals surface area contributed by atoms with Gasteiger partial charge in [-0.25, -0.2) is 0 Å². The fourth-order valence-corrected chi connectivity index (χ4v) is 3.78. The minimum absolute atomic E-state index is 0.00278. The van der Waals surface area contributed by atoms with Gasteiger partial charge in [-0.05, 0) is 37.0 Å². The minimum Gasteiger partial charge on any atom is -0.480 e. The van der Waals surface area contributed by atoms with Crippen LogP contribution in [0.5, 0.6) is 0 Å². The molecule has 1 N–H and O–H groups in total. The molecule has 0 saturated heterocycles. The van der Waals surface area contributed by atoms with Gasteiger partial charge in [0.1, 0.15) is 6.54 Å². The van der Waals surface area contributed by atoms with E-state index in [0.29, 0.717) is 12.1 Å². The summed E-state index contributed by atoms with van der Waals surface area (Å²) in [5, 5.41) is 9.15. The van der Waals surface area contributed by atoms with Crippen molar-refractivity contribution in [3.8, 4) is 0 Å². The number of benzene rings is 2. The fraction of sp³-hybridized carbons (Fsp3) is 0.375. The Bertz CT molecular complexity index is 862. The van der Waals surface area contributed by atoms with Gasteiger partial charge >= 0.3 is 5.97 Å². The lowest BCUT2D eigenvalue weighted by molar-refractivity contribution is -0.137. The van der Waals surface area contributed by atoms with E-state index >= 15 is 0 Å². The molecular weight excluding hydrogens is 398 g/mol. The molecule has 1 atom stereocenters. The van der Waals surface area contributed by atoms with Crippen LogP contribution in [0.25, 0.3) is 0 Å². The van der Waals surface area contributed by atoms with Crippen LogP contribution >= 0.6 is 11.8 Å². The predicted molar refractivity (Wildman–Crippen MR) is 122 cm³/mol. The Morgan fingerprint density at radius 1 is 1.00 bits per heavy atom. The quantitative estimate of drug-likeness (QED) is 0.491. The lowest BCUT2D eigenvalue weighted by Crippen LogP contribution is -2.40. The Morgan fingerprint density at radius 2 is 1.63 bits per heavy atom. The highest BCUT2D eigenvalue weighted by molar-refractivity contribution is 8.13. The second-order valence-electron chi connectivity index (χ2n) is 7.05. The minimum atomic E-state index is -1.58. The van der Waals surface area contributed by atoms with Crippen LogP contribution in [0, 0.1) is 5.89 Å². The highest BCUT2D eigenvalue weighted by Gasteiger charge is 2.27. The average Bonchev–Trinajstić information content (AvgIpc) is 2.76. The number of thioether (sulfide) groups is 1. The molecule has 0 aliphatic rings. The number of aryl methyl sites for hydroxylation is 1. The molecule has 6 heteroatoms. The van der Waals surface area contributed by atoms with E-state index in [9.17, 15) is 19.5 Å². The van der Waals surface area contributed by atoms with Crippen LogP contribution < -0.4 is 4.90 Å². The van der Waals surface area contributed by atoms with Crippen LogP contribution in [0.2, 0.25) is 0 Å². The number of carboxylic acid groups (broad SMARTS) is 1. The summed E-state index contributed by atoms with van der Waals surface area (Å²) in [5.74, 6) is -3.31. The summed E-state index contributed by atoms with van der Waals surface area (Å²) in [7, 11) is 0. The number of anilines is 1. The number of hydrogen-bond acceptors (Lipinski definition) is 4. The normalized spacial score (nSPS) is 13.2. The second kappa shape index (κ2) is 12.9. The van der Waals surface area contributed by atoms with E-state index in [4.69, 9.17) is 1.37 Å². The van der Waals surface area contributed by atoms with E-state index in [1.165, 1.54) is 12.5 Å². The Morgan fingerprint density at radius 3 is 2.23 bits per heavy atom. The molecule has 0 fully saturated rings. The molecule has 0 heterocycles. The highest BCUT2D eigenvalue weighted by Crippen LogP contribution is 2.23. The molecule has 5 nitrogen and oxygen atoms in total. The highest BCUT2D eigenvalue weighted by atomic mass is 32.2. The molecule has 30 heavy (non-hydrogen) atoms. The van der Waals surface area contributed by atoms with E-state index in [-0.39, 0.29) is 17.3 Å². The van der Waals surface area contributed by atoms with Crippen molar-refractivity contribution in [1.29, 1.82) is 0 Å². The summed E-state index contributed by atoms with van der Waals surface area (Å²) in [6.07, 6.45) is 3.63. The van der Waals surface area contributed by atoms with Crippen LogP contribution in [-0.2, 0) is 20.8 Å². The number of carboxylic acids is 1. The number of carbonyl (C=O) groups is 3. The van der Waals surface area contributed by atoms with Crippen molar-refractivity contribution < 1.29 is 20.9 Å². The third kappa shape index (κ3) is 8.41. The zero-order chi connectivity index (χ0) is 22.7. The summed E-state index contributed by atoms with van der Waals surface area (Å²) in [5.41, 5.74) is 1.68. The van der Waals surface area contributed by atoms with E-state index in [1.807, 2.05) is 18.2 Å². The molecule has 0 bridgehead atoms. The molecule has 0 unspecified atom stereocenters. The Hall–Kier alpha value is -2.60. The van der Waals surface area contributed by atoms with Gasteiger partial charge in [-0.2, -0.15) is 0 Å². The maximum Gasteiger partial charge on any atom is 0.323 e. The molecule has 0 radical (unpaired) electrons. The van der Waals surface area contributed by atoms with Crippen molar-refractivity contribution in [2.24, 2.45) is 5.89 Å². The van der Waals surface area contributed by atoms with Crippen LogP contribution in [0.1, 0.15) is 39.5 Å². The second-order valence-corrected chi connectivity index (χ2v) is 8.20. The first-order valence-corrected chi connectivity index (χ1v) is 11.1. The zero-order valence-corrected chi connectivity index (χ0v) is 18.1. The number of amides is 1. The van der Waals surface area contributed by atoms with E-state index in [2.05, 4.69) is 12.1 Å². The number of aliphatic carboxylic acids is 1. The maximum atomic E-state index is 13.3. The van der Waals surface area contributed by atoms with E-state index in [1.54, 1.807) is 30.3 Å². The summed E-state index contributed by atoms with van der Waals surface area (Å²) in [6, 6.07) is 18.7. The number of carbonyl (C=O) groups excluding carboxylic acids is 2. The molecule has 0 spiro atoms. The van der Waals surface area contributed by atoms with Crippen LogP contribution in [0.3, 0.4) is 0 Å². The molecule has 0 aliphatic carbocycles. The van der Waals surface area contributed by atoms with Gasteiger partial charge in [0.15, 0.2) is 5.12 Å². The fourth-order valence-electron chi connectivity index (χ4n) is 3.13. The molecule has 0 aromatic heterocycles. The molecule has 1 amide bonds. The molecule has 160 valence electrons. The third-order valence-corrected chi connectivity index (χ3v) is 5.54. The van der Waals surface area contributed by atoms with Gasteiger partial charge in [-0.3, -0.25) is 14.4 Å². The molecule has 2 aromatic rings. The average molecular weight is 429 g/mol.